The van der Waals surface area contributed by atoms with Gasteiger partial charge in [0.2, 0.25) is 5.91 Å². The molecule has 5 N–H and O–H groups in total. The molecule has 3 saturated heterocycles. The maximum atomic E-state index is 16.0. The second kappa shape index (κ2) is 24.9. The number of nitrogens with zero attached hydrogens (tertiary/aromatic N) is 6. The number of aliphatic hydroxyl groups excluding tert-OH is 1. The molecule has 4 aromatic rings. The number of anilines is 1. The van der Waals surface area contributed by atoms with Crippen molar-refractivity contribution in [1.82, 2.24) is 46.0 Å². The number of alkyl carbamates (subject to hydrolysis) is 2. The van der Waals surface area contributed by atoms with Gasteiger partial charge in [-0.3, -0.25) is 19.9 Å². The van der Waals surface area contributed by atoms with Crippen LogP contribution in [0.3, 0.4) is 0 Å². The van der Waals surface area contributed by atoms with E-state index < -0.39 is 115 Å². The van der Waals surface area contributed by atoms with Gasteiger partial charge in [0, 0.05) is 72.9 Å². The average Bonchev–Trinajstić information content (AvgIpc) is 3.98. The smallest absolute Gasteiger partial charge is 0.407 e. The van der Waals surface area contributed by atoms with Crippen molar-refractivity contribution in [3.05, 3.63) is 101 Å². The number of fused-ring (bicyclic) bond motifs is 2. The van der Waals surface area contributed by atoms with Crippen LogP contribution in [0.1, 0.15) is 69.3 Å². The molecule has 2 aromatic heterocycles. The Labute approximate surface area is 458 Å². The molecule has 81 heavy (non-hydrogen) atoms. The van der Waals surface area contributed by atoms with Crippen LogP contribution in [-0.4, -0.2) is 156 Å². The molecule has 6 atom stereocenters. The van der Waals surface area contributed by atoms with Crippen LogP contribution in [0.4, 0.5) is 59.3 Å². The average molecular weight is 1160 g/mol. The predicted octanol–water partition coefficient (Wildman–Crippen LogP) is 6.62. The van der Waals surface area contributed by atoms with Crippen LogP contribution in [0.15, 0.2) is 67.0 Å². The zero-order valence-electron chi connectivity index (χ0n) is 44.6. The summed E-state index contributed by atoms with van der Waals surface area (Å²) < 4.78 is 161. The number of aromatic nitrogens is 3. The SMILES string of the molecule is COC(=O)N[C@H](C(=O)N[C@@H](Cc1ccc(C#Cc2ccc(N3CC4CCC(C3)N4C3COC3)nc2)cc1)[C@@H](O)CN(Cc1c(F)cc(-c2ccn(C(F)F)n2)cc1F)NC(=O)[C@@H](NC(=O)OC)C(C)(C)C(F)(F)F)C(C)(C)C(F)(F)F. The van der Waals surface area contributed by atoms with Gasteiger partial charge in [-0.25, -0.2) is 33.0 Å². The molecule has 4 amide bonds. The first-order chi connectivity index (χ1) is 38.0. The Morgan fingerprint density at radius 2 is 1.32 bits per heavy atom. The molecule has 2 unspecified atom stereocenters. The van der Waals surface area contributed by atoms with Crippen LogP contribution < -0.4 is 26.3 Å². The van der Waals surface area contributed by atoms with Gasteiger partial charge in [-0.15, -0.1) is 0 Å². The van der Waals surface area contributed by atoms with Crippen LogP contribution in [0, 0.1) is 34.3 Å². The lowest BCUT2D eigenvalue weighted by atomic mass is 9.82. The Morgan fingerprint density at radius 1 is 0.778 bits per heavy atom. The summed E-state index contributed by atoms with van der Waals surface area (Å²) in [6.45, 7) is 0.0406. The molecule has 18 nitrogen and oxygen atoms in total. The number of benzene rings is 2. The van der Waals surface area contributed by atoms with E-state index in [1.54, 1.807) is 23.6 Å². The van der Waals surface area contributed by atoms with E-state index in [1.165, 1.54) is 12.1 Å². The lowest BCUT2D eigenvalue weighted by Gasteiger charge is -2.47. The highest BCUT2D eigenvalue weighted by Gasteiger charge is 2.57. The molecule has 440 valence electrons. The maximum absolute atomic E-state index is 16.0. The molecular weight excluding hydrogens is 1090 g/mol. The molecule has 28 heteroatoms. The van der Waals surface area contributed by atoms with Gasteiger partial charge in [0.05, 0.1) is 62.1 Å². The first-order valence-corrected chi connectivity index (χ1v) is 25.4. The van der Waals surface area contributed by atoms with E-state index in [-0.39, 0.29) is 21.5 Å². The number of hydrazine groups is 1. The topological polar surface area (TPSA) is 205 Å². The Morgan fingerprint density at radius 3 is 1.80 bits per heavy atom. The molecule has 3 aliphatic rings. The minimum atomic E-state index is -5.23. The number of halogens is 10. The zero-order valence-corrected chi connectivity index (χ0v) is 44.6. The van der Waals surface area contributed by atoms with Gasteiger partial charge in [-0.05, 0) is 95.0 Å². The largest absolute Gasteiger partial charge is 0.453 e. The number of aliphatic hydroxyl groups is 1. The fourth-order valence-corrected chi connectivity index (χ4v) is 9.68. The highest BCUT2D eigenvalue weighted by molar-refractivity contribution is 5.87. The van der Waals surface area contributed by atoms with Crippen LogP contribution >= 0.6 is 0 Å². The Bertz CT molecular complexity index is 2910. The van der Waals surface area contributed by atoms with Crippen molar-refractivity contribution in [3.63, 3.8) is 0 Å². The fourth-order valence-electron chi connectivity index (χ4n) is 9.68. The molecule has 7 rings (SSSR count). The number of methoxy groups -OCH3 is 2. The fraction of sp³-hybridized carbons (Fsp3) is 0.509. The lowest BCUT2D eigenvalue weighted by Crippen LogP contribution is -2.63. The number of nitrogens with one attached hydrogen (secondary N) is 4. The second-order valence-corrected chi connectivity index (χ2v) is 21.0. The molecule has 3 aliphatic heterocycles. The van der Waals surface area contributed by atoms with Crippen molar-refractivity contribution in [2.75, 3.05) is 52.0 Å². The Balaban J connectivity index is 1.18. The summed E-state index contributed by atoms with van der Waals surface area (Å²) in [5.41, 5.74) is -4.41. The van der Waals surface area contributed by atoms with Crippen molar-refractivity contribution < 1.29 is 82.4 Å². The van der Waals surface area contributed by atoms with Crippen molar-refractivity contribution in [2.24, 2.45) is 10.8 Å². The first-order valence-electron chi connectivity index (χ1n) is 25.4. The molecule has 0 saturated carbocycles. The monoisotopic (exact) mass is 1150 g/mol. The third-order valence-corrected chi connectivity index (χ3v) is 14.8. The maximum Gasteiger partial charge on any atom is 0.407 e. The highest BCUT2D eigenvalue weighted by atomic mass is 19.4. The summed E-state index contributed by atoms with van der Waals surface area (Å²) in [5.74, 6) is 0.785. The molecule has 0 radical (unpaired) electrons. The molecule has 5 heterocycles. The van der Waals surface area contributed by atoms with E-state index >= 15 is 8.78 Å². The van der Waals surface area contributed by atoms with E-state index in [1.807, 2.05) is 22.9 Å². The van der Waals surface area contributed by atoms with Gasteiger partial charge in [-0.2, -0.15) is 40.2 Å². The van der Waals surface area contributed by atoms with Crippen LogP contribution in [-0.2, 0) is 36.8 Å². The van der Waals surface area contributed by atoms with E-state index in [0.717, 1.165) is 71.4 Å². The van der Waals surface area contributed by atoms with Gasteiger partial charge >= 0.3 is 31.1 Å². The van der Waals surface area contributed by atoms with Gasteiger partial charge in [0.15, 0.2) is 0 Å². The van der Waals surface area contributed by atoms with Crippen molar-refractivity contribution >= 4 is 29.8 Å². The van der Waals surface area contributed by atoms with Crippen molar-refractivity contribution in [1.29, 1.82) is 0 Å². The van der Waals surface area contributed by atoms with Crippen LogP contribution in [0.5, 0.6) is 0 Å². The number of hydrogen-bond acceptors (Lipinski definition) is 13. The molecular formula is C53H60F10N10O8. The standard InChI is InChI=1S/C53H60F10N10O8/c1-50(2,52(58,59)60)43(66-48(77)79-5)45(75)65-40(19-30-10-7-29(8-11-30)9-12-31-13-16-42(64-22-31)70-23-33-14-15-34(24-70)73(33)35-27-81-28-35)41(74)26-71(69-46(76)44(67-49(78)80-6)51(3,4)53(61,62)63)25-36-37(54)20-32(21-38(36)55)39-17-18-72(68-39)47(56)57/h7-8,10-11,13,16-18,20-22,33-35,40-41,43-44,47,74H,14-15,19,23-28H2,1-6H3,(H,65,75)(H,66,77)(H,67,78)(H,69,76)/t33?,34?,40-,41-,43+,44+/m0/s1. The number of amides is 4. The van der Waals surface area contributed by atoms with Gasteiger partial charge < -0.3 is 40.2 Å². The Hall–Kier alpha value is -7.22. The van der Waals surface area contributed by atoms with Crippen molar-refractivity contribution in [2.45, 2.75) is 115 Å². The molecule has 2 aromatic carbocycles. The number of carbonyl (C=O) groups excluding carboxylic acids is 4. The van der Waals surface area contributed by atoms with E-state index in [0.29, 0.717) is 74.1 Å². The predicted molar refractivity (Wildman–Crippen MR) is 269 cm³/mol. The summed E-state index contributed by atoms with van der Waals surface area (Å²) in [5, 5.41) is 22.1. The van der Waals surface area contributed by atoms with Crippen molar-refractivity contribution in [3.8, 4) is 23.1 Å². The number of pyridine rings is 1. The Kier molecular flexibility index (Phi) is 18.9. The highest BCUT2D eigenvalue weighted by Crippen LogP contribution is 2.42. The molecule has 2 bridgehead atoms. The number of ether oxygens (including phenoxy) is 3. The number of alkyl halides is 8. The molecule has 3 fully saturated rings. The third kappa shape index (κ3) is 14.3. The minimum absolute atomic E-state index is 0.199. The summed E-state index contributed by atoms with van der Waals surface area (Å²) in [6, 6.07) is 6.62. The summed E-state index contributed by atoms with van der Waals surface area (Å²) in [6.07, 6.45) is -11.3. The van der Waals surface area contributed by atoms with E-state index in [9.17, 15) is 59.4 Å². The van der Waals surface area contributed by atoms with Gasteiger partial charge in [0.1, 0.15) is 29.5 Å². The second-order valence-electron chi connectivity index (χ2n) is 21.0. The number of hydrogen-bond donors (Lipinski definition) is 5. The third-order valence-electron chi connectivity index (χ3n) is 14.8. The molecule has 0 aliphatic carbocycles. The zero-order chi connectivity index (χ0) is 59.4. The van der Waals surface area contributed by atoms with Crippen LogP contribution in [0.2, 0.25) is 0 Å². The minimum Gasteiger partial charge on any atom is -0.453 e. The summed E-state index contributed by atoms with van der Waals surface area (Å²) in [4.78, 5) is 62.4. The van der Waals surface area contributed by atoms with Gasteiger partial charge in [-0.1, -0.05) is 24.0 Å². The number of carbonyl (C=O) groups is 4. The van der Waals surface area contributed by atoms with Gasteiger partial charge in [0.25, 0.3) is 5.91 Å². The molecule has 0 spiro atoms. The normalized spacial score (nSPS) is 18.5. The van der Waals surface area contributed by atoms with E-state index in [4.69, 9.17) is 4.74 Å². The van der Waals surface area contributed by atoms with E-state index in [2.05, 4.69) is 46.5 Å². The number of piperazine rings is 1. The van der Waals surface area contributed by atoms with Crippen LogP contribution in [0.25, 0.3) is 11.3 Å². The first kappa shape index (κ1) is 61.4. The summed E-state index contributed by atoms with van der Waals surface area (Å²) >= 11 is 0. The lowest BCUT2D eigenvalue weighted by molar-refractivity contribution is -0.221. The summed E-state index contributed by atoms with van der Waals surface area (Å²) in [7, 11) is 1.60. The number of rotatable bonds is 19. The quantitative estimate of drug-likeness (QED) is 0.0381.